The second-order valence-corrected chi connectivity index (χ2v) is 7.69. The van der Waals surface area contributed by atoms with Gasteiger partial charge in [-0.1, -0.05) is 6.07 Å². The molecule has 1 unspecified atom stereocenters. The zero-order valence-electron chi connectivity index (χ0n) is 17.1. The number of benzene rings is 1. The number of phenolic OH excluding ortho intramolecular Hbond substituents is 1. The number of ether oxygens (including phenoxy) is 2. The number of aliphatic imine (C=N–C) groups is 1. The Morgan fingerprint density at radius 1 is 1.32 bits per heavy atom. The summed E-state index contributed by atoms with van der Waals surface area (Å²) in [4.78, 5) is 6.92. The van der Waals surface area contributed by atoms with E-state index < -0.39 is 0 Å². The van der Waals surface area contributed by atoms with Crippen molar-refractivity contribution in [2.24, 2.45) is 10.9 Å². The van der Waals surface area contributed by atoms with E-state index in [1.165, 1.54) is 13.0 Å². The lowest BCUT2D eigenvalue weighted by Gasteiger charge is -2.34. The van der Waals surface area contributed by atoms with Crippen LogP contribution in [-0.4, -0.2) is 75.6 Å². The van der Waals surface area contributed by atoms with Crippen molar-refractivity contribution in [1.82, 2.24) is 15.5 Å². The second kappa shape index (κ2) is 10.5. The van der Waals surface area contributed by atoms with Crippen LogP contribution < -0.4 is 15.4 Å². The van der Waals surface area contributed by atoms with E-state index in [0.29, 0.717) is 24.3 Å². The molecule has 1 aromatic carbocycles. The average molecular weight is 391 g/mol. The van der Waals surface area contributed by atoms with Crippen LogP contribution in [0.1, 0.15) is 24.8 Å². The van der Waals surface area contributed by atoms with Crippen LogP contribution in [0.5, 0.6) is 11.5 Å². The number of hydrogen-bond donors (Lipinski definition) is 3. The molecule has 0 amide bonds. The van der Waals surface area contributed by atoms with Crippen LogP contribution in [0.15, 0.2) is 23.2 Å². The van der Waals surface area contributed by atoms with Gasteiger partial charge in [0, 0.05) is 51.9 Å². The van der Waals surface area contributed by atoms with E-state index in [0.717, 1.165) is 57.1 Å². The lowest BCUT2D eigenvalue weighted by Crippen LogP contribution is -2.49. The summed E-state index contributed by atoms with van der Waals surface area (Å²) in [6.45, 7) is 6.00. The minimum Gasteiger partial charge on any atom is -0.508 e. The summed E-state index contributed by atoms with van der Waals surface area (Å²) in [5, 5.41) is 17.0. The largest absolute Gasteiger partial charge is 0.508 e. The Balaban J connectivity index is 1.36. The summed E-state index contributed by atoms with van der Waals surface area (Å²) in [5.74, 6) is 2.48. The van der Waals surface area contributed by atoms with Crippen LogP contribution in [0.3, 0.4) is 0 Å². The standard InChI is InChI=1S/C21H34N4O3/c1-22-21(23-9-5-17-3-4-19(27-2)13-20(17)26)24-18-6-10-25(11-7-18)14-16-8-12-28-15-16/h3-4,13,16,18,26H,5-12,14-15H2,1-2H3,(H2,22,23,24). The molecule has 0 radical (unpaired) electrons. The third-order valence-electron chi connectivity index (χ3n) is 5.67. The molecule has 2 saturated heterocycles. The number of nitrogens with zero attached hydrogens (tertiary/aromatic N) is 2. The number of hydrogen-bond acceptors (Lipinski definition) is 5. The van der Waals surface area contributed by atoms with Crippen molar-refractivity contribution in [3.63, 3.8) is 0 Å². The van der Waals surface area contributed by atoms with Gasteiger partial charge in [-0.15, -0.1) is 0 Å². The Labute approximate surface area is 168 Å². The molecule has 0 saturated carbocycles. The van der Waals surface area contributed by atoms with Gasteiger partial charge in [0.15, 0.2) is 5.96 Å². The first kappa shape index (κ1) is 20.7. The number of rotatable bonds is 7. The fourth-order valence-electron chi connectivity index (χ4n) is 3.94. The summed E-state index contributed by atoms with van der Waals surface area (Å²) in [5.41, 5.74) is 0.896. The lowest BCUT2D eigenvalue weighted by molar-refractivity contribution is 0.150. The Kier molecular flexibility index (Phi) is 7.80. The van der Waals surface area contributed by atoms with Gasteiger partial charge in [-0.3, -0.25) is 4.99 Å². The average Bonchev–Trinajstić information content (AvgIpc) is 3.22. The molecule has 7 heteroatoms. The minimum absolute atomic E-state index is 0.268. The second-order valence-electron chi connectivity index (χ2n) is 7.69. The molecule has 2 heterocycles. The van der Waals surface area contributed by atoms with Gasteiger partial charge in [0.25, 0.3) is 0 Å². The molecule has 7 nitrogen and oxygen atoms in total. The van der Waals surface area contributed by atoms with Gasteiger partial charge in [0.05, 0.1) is 13.7 Å². The number of phenols is 1. The van der Waals surface area contributed by atoms with Crippen LogP contribution in [0.4, 0.5) is 0 Å². The number of likely N-dealkylation sites (tertiary alicyclic amines) is 1. The molecule has 1 aromatic rings. The Morgan fingerprint density at radius 3 is 2.79 bits per heavy atom. The highest BCUT2D eigenvalue weighted by Crippen LogP contribution is 2.23. The van der Waals surface area contributed by atoms with Crippen molar-refractivity contribution in [2.45, 2.75) is 31.7 Å². The SMILES string of the molecule is CN=C(NCCc1ccc(OC)cc1O)NC1CCN(CC2CCOC2)CC1. The molecule has 28 heavy (non-hydrogen) atoms. The molecule has 0 aliphatic carbocycles. The topological polar surface area (TPSA) is 78.4 Å². The van der Waals surface area contributed by atoms with Crippen molar-refractivity contribution in [2.75, 3.05) is 53.6 Å². The van der Waals surface area contributed by atoms with Crippen molar-refractivity contribution in [3.05, 3.63) is 23.8 Å². The fraction of sp³-hybridized carbons (Fsp3) is 0.667. The summed E-state index contributed by atoms with van der Waals surface area (Å²) in [6, 6.07) is 5.87. The number of piperidine rings is 1. The van der Waals surface area contributed by atoms with E-state index in [1.807, 2.05) is 12.1 Å². The molecule has 2 fully saturated rings. The zero-order valence-corrected chi connectivity index (χ0v) is 17.1. The van der Waals surface area contributed by atoms with E-state index >= 15 is 0 Å². The van der Waals surface area contributed by atoms with E-state index in [9.17, 15) is 5.11 Å². The van der Waals surface area contributed by atoms with E-state index in [4.69, 9.17) is 9.47 Å². The molecule has 2 aliphatic heterocycles. The van der Waals surface area contributed by atoms with Gasteiger partial charge in [-0.25, -0.2) is 0 Å². The molecular formula is C21H34N4O3. The number of methoxy groups -OCH3 is 1. The van der Waals surface area contributed by atoms with Crippen molar-refractivity contribution < 1.29 is 14.6 Å². The van der Waals surface area contributed by atoms with Gasteiger partial charge < -0.3 is 30.1 Å². The Bertz CT molecular complexity index is 639. The van der Waals surface area contributed by atoms with Gasteiger partial charge in [0.2, 0.25) is 0 Å². The number of guanidine groups is 1. The molecule has 0 spiro atoms. The maximum atomic E-state index is 10.1. The van der Waals surface area contributed by atoms with Crippen molar-refractivity contribution >= 4 is 5.96 Å². The normalized spacial score (nSPS) is 21.6. The summed E-state index contributed by atoms with van der Waals surface area (Å²) < 4.78 is 10.6. The van der Waals surface area contributed by atoms with Gasteiger partial charge in [0.1, 0.15) is 11.5 Å². The number of nitrogens with one attached hydrogen (secondary N) is 2. The molecule has 3 rings (SSSR count). The van der Waals surface area contributed by atoms with Crippen LogP contribution in [0.25, 0.3) is 0 Å². The molecule has 2 aliphatic rings. The summed E-state index contributed by atoms with van der Waals surface area (Å²) in [7, 11) is 3.40. The van der Waals surface area contributed by atoms with Crippen LogP contribution in [0, 0.1) is 5.92 Å². The highest BCUT2D eigenvalue weighted by atomic mass is 16.5. The van der Waals surface area contributed by atoms with E-state index in [-0.39, 0.29) is 5.75 Å². The van der Waals surface area contributed by atoms with Crippen LogP contribution >= 0.6 is 0 Å². The predicted octanol–water partition coefficient (Wildman–Crippen LogP) is 1.61. The van der Waals surface area contributed by atoms with Crippen LogP contribution in [0.2, 0.25) is 0 Å². The molecule has 156 valence electrons. The lowest BCUT2D eigenvalue weighted by atomic mass is 10.0. The van der Waals surface area contributed by atoms with Crippen molar-refractivity contribution in [3.8, 4) is 11.5 Å². The first-order chi connectivity index (χ1) is 13.7. The zero-order chi connectivity index (χ0) is 19.8. The van der Waals surface area contributed by atoms with Gasteiger partial charge >= 0.3 is 0 Å². The summed E-state index contributed by atoms with van der Waals surface area (Å²) in [6.07, 6.45) is 4.19. The molecule has 3 N–H and O–H groups in total. The minimum atomic E-state index is 0.268. The van der Waals surface area contributed by atoms with Gasteiger partial charge in [-0.05, 0) is 43.2 Å². The smallest absolute Gasteiger partial charge is 0.191 e. The Morgan fingerprint density at radius 2 is 2.14 bits per heavy atom. The van der Waals surface area contributed by atoms with E-state index in [2.05, 4.69) is 20.5 Å². The Hall–Kier alpha value is -1.99. The predicted molar refractivity (Wildman–Crippen MR) is 111 cm³/mol. The first-order valence-electron chi connectivity index (χ1n) is 10.3. The number of aromatic hydroxyl groups is 1. The monoisotopic (exact) mass is 390 g/mol. The fourth-order valence-corrected chi connectivity index (χ4v) is 3.94. The van der Waals surface area contributed by atoms with E-state index in [1.54, 1.807) is 20.2 Å². The highest BCUT2D eigenvalue weighted by molar-refractivity contribution is 5.80. The highest BCUT2D eigenvalue weighted by Gasteiger charge is 2.24. The third-order valence-corrected chi connectivity index (χ3v) is 5.67. The summed E-state index contributed by atoms with van der Waals surface area (Å²) >= 11 is 0. The van der Waals surface area contributed by atoms with Crippen LogP contribution in [-0.2, 0) is 11.2 Å². The molecular weight excluding hydrogens is 356 g/mol. The maximum Gasteiger partial charge on any atom is 0.191 e. The van der Waals surface area contributed by atoms with Crippen molar-refractivity contribution in [1.29, 1.82) is 0 Å². The molecule has 1 atom stereocenters. The van der Waals surface area contributed by atoms with Gasteiger partial charge in [-0.2, -0.15) is 0 Å². The molecule has 0 bridgehead atoms. The molecule has 0 aromatic heterocycles. The third kappa shape index (κ3) is 6.01. The first-order valence-corrected chi connectivity index (χ1v) is 10.3. The quantitative estimate of drug-likeness (QED) is 0.485. The maximum absolute atomic E-state index is 10.1.